The van der Waals surface area contributed by atoms with Crippen LogP contribution in [0.4, 0.5) is 0 Å². The SMILES string of the molecule is CCNC(=NCC1(CCO)CCCCC1)NCCc1nc(CC)c(C)s1.I. The van der Waals surface area contributed by atoms with Gasteiger partial charge in [0, 0.05) is 37.5 Å². The van der Waals surface area contributed by atoms with E-state index in [1.165, 1.54) is 47.7 Å². The summed E-state index contributed by atoms with van der Waals surface area (Å²) in [5, 5.41) is 17.5. The summed E-state index contributed by atoms with van der Waals surface area (Å²) in [6.45, 7) is 9.18. The number of hydrogen-bond acceptors (Lipinski definition) is 4. The average Bonchev–Trinajstić information content (AvgIpc) is 3.00. The molecule has 0 radical (unpaired) electrons. The first-order chi connectivity index (χ1) is 12.6. The zero-order chi connectivity index (χ0) is 18.8. The summed E-state index contributed by atoms with van der Waals surface area (Å²) < 4.78 is 0. The van der Waals surface area contributed by atoms with E-state index in [1.807, 2.05) is 0 Å². The molecule has 1 heterocycles. The molecule has 7 heteroatoms. The molecule has 0 bridgehead atoms. The molecular weight excluding hydrogens is 471 g/mol. The Labute approximate surface area is 185 Å². The quantitative estimate of drug-likeness (QED) is 0.267. The molecule has 156 valence electrons. The van der Waals surface area contributed by atoms with Crippen LogP contribution in [0.15, 0.2) is 4.99 Å². The van der Waals surface area contributed by atoms with Crippen LogP contribution in [0.5, 0.6) is 0 Å². The number of rotatable bonds is 9. The lowest BCUT2D eigenvalue weighted by atomic mass is 9.72. The van der Waals surface area contributed by atoms with Gasteiger partial charge >= 0.3 is 0 Å². The fourth-order valence-electron chi connectivity index (χ4n) is 3.83. The van der Waals surface area contributed by atoms with Crippen LogP contribution in [0.2, 0.25) is 0 Å². The number of nitrogens with zero attached hydrogens (tertiary/aromatic N) is 2. The summed E-state index contributed by atoms with van der Waals surface area (Å²) in [5.41, 5.74) is 1.42. The van der Waals surface area contributed by atoms with Crippen LogP contribution in [0.25, 0.3) is 0 Å². The molecule has 0 aromatic carbocycles. The lowest BCUT2D eigenvalue weighted by Gasteiger charge is -2.35. The topological polar surface area (TPSA) is 69.5 Å². The van der Waals surface area contributed by atoms with E-state index in [-0.39, 0.29) is 36.0 Å². The fourth-order valence-corrected chi connectivity index (χ4v) is 4.85. The van der Waals surface area contributed by atoms with E-state index >= 15 is 0 Å². The minimum Gasteiger partial charge on any atom is -0.396 e. The molecule has 1 fully saturated rings. The van der Waals surface area contributed by atoms with Crippen molar-refractivity contribution in [3.8, 4) is 0 Å². The highest BCUT2D eigenvalue weighted by Crippen LogP contribution is 2.39. The maximum absolute atomic E-state index is 9.48. The molecule has 0 aliphatic heterocycles. The molecule has 5 nitrogen and oxygen atoms in total. The predicted octanol–water partition coefficient (Wildman–Crippen LogP) is 4.06. The van der Waals surface area contributed by atoms with Gasteiger partial charge < -0.3 is 15.7 Å². The van der Waals surface area contributed by atoms with Crippen LogP contribution >= 0.6 is 35.3 Å². The van der Waals surface area contributed by atoms with E-state index in [4.69, 9.17) is 9.98 Å². The maximum Gasteiger partial charge on any atom is 0.191 e. The largest absolute Gasteiger partial charge is 0.396 e. The molecule has 27 heavy (non-hydrogen) atoms. The van der Waals surface area contributed by atoms with Crippen molar-refractivity contribution < 1.29 is 5.11 Å². The van der Waals surface area contributed by atoms with E-state index in [0.29, 0.717) is 0 Å². The third-order valence-corrected chi connectivity index (χ3v) is 6.45. The van der Waals surface area contributed by atoms with Crippen molar-refractivity contribution in [3.05, 3.63) is 15.6 Å². The van der Waals surface area contributed by atoms with Crippen LogP contribution in [0, 0.1) is 12.3 Å². The van der Waals surface area contributed by atoms with Gasteiger partial charge in [-0.15, -0.1) is 35.3 Å². The number of thiazole rings is 1. The molecular formula is C20H37IN4OS. The zero-order valence-corrected chi connectivity index (χ0v) is 20.3. The van der Waals surface area contributed by atoms with Crippen molar-refractivity contribution >= 4 is 41.3 Å². The third-order valence-electron chi connectivity index (χ3n) is 5.38. The van der Waals surface area contributed by atoms with Gasteiger partial charge in [0.05, 0.1) is 10.7 Å². The van der Waals surface area contributed by atoms with Gasteiger partial charge in [-0.3, -0.25) is 4.99 Å². The second-order valence-corrected chi connectivity index (χ2v) is 8.66. The minimum absolute atomic E-state index is 0. The van der Waals surface area contributed by atoms with Gasteiger partial charge in [-0.1, -0.05) is 26.2 Å². The van der Waals surface area contributed by atoms with Gasteiger partial charge in [0.25, 0.3) is 0 Å². The molecule has 1 saturated carbocycles. The Bertz CT molecular complexity index is 565. The zero-order valence-electron chi connectivity index (χ0n) is 17.1. The van der Waals surface area contributed by atoms with Crippen molar-refractivity contribution in [2.45, 2.75) is 72.1 Å². The molecule has 1 aliphatic carbocycles. The standard InChI is InChI=1S/C20H36N4OS.HI/c1-4-17-16(3)26-18(24-17)9-13-22-19(21-5-2)23-15-20(12-14-25)10-7-6-8-11-20;/h25H,4-15H2,1-3H3,(H2,21,22,23);1H. The highest BCUT2D eigenvalue weighted by Gasteiger charge is 2.31. The molecule has 0 atom stereocenters. The Kier molecular flexibility index (Phi) is 11.8. The lowest BCUT2D eigenvalue weighted by molar-refractivity contribution is 0.137. The highest BCUT2D eigenvalue weighted by molar-refractivity contribution is 14.0. The molecule has 0 spiro atoms. The van der Waals surface area contributed by atoms with Gasteiger partial charge in [0.15, 0.2) is 5.96 Å². The molecule has 0 unspecified atom stereocenters. The number of aryl methyl sites for hydroxylation is 2. The summed E-state index contributed by atoms with van der Waals surface area (Å²) in [6.07, 6.45) is 9.04. The predicted molar refractivity (Wildman–Crippen MR) is 127 cm³/mol. The van der Waals surface area contributed by atoms with E-state index in [2.05, 4.69) is 31.4 Å². The summed E-state index contributed by atoms with van der Waals surface area (Å²) in [4.78, 5) is 10.9. The Morgan fingerprint density at radius 1 is 1.22 bits per heavy atom. The number of aliphatic hydroxyl groups excluding tert-OH is 1. The Morgan fingerprint density at radius 2 is 1.96 bits per heavy atom. The van der Waals surface area contributed by atoms with Crippen LogP contribution in [0.1, 0.15) is 68.0 Å². The van der Waals surface area contributed by atoms with Gasteiger partial charge in [0.2, 0.25) is 0 Å². The number of aromatic nitrogens is 1. The van der Waals surface area contributed by atoms with Crippen LogP contribution in [-0.2, 0) is 12.8 Å². The molecule has 1 aliphatic rings. The number of aliphatic hydroxyl groups is 1. The first-order valence-corrected chi connectivity index (χ1v) is 11.0. The van der Waals surface area contributed by atoms with Crippen molar-refractivity contribution in [2.24, 2.45) is 10.4 Å². The maximum atomic E-state index is 9.48. The van der Waals surface area contributed by atoms with E-state index in [0.717, 1.165) is 44.9 Å². The van der Waals surface area contributed by atoms with E-state index in [1.54, 1.807) is 11.3 Å². The third kappa shape index (κ3) is 7.85. The second kappa shape index (κ2) is 12.9. The van der Waals surface area contributed by atoms with Crippen molar-refractivity contribution in [3.63, 3.8) is 0 Å². The van der Waals surface area contributed by atoms with E-state index in [9.17, 15) is 5.11 Å². The smallest absolute Gasteiger partial charge is 0.191 e. The lowest BCUT2D eigenvalue weighted by Crippen LogP contribution is -2.40. The molecule has 1 aromatic rings. The van der Waals surface area contributed by atoms with Crippen LogP contribution in [0.3, 0.4) is 0 Å². The highest BCUT2D eigenvalue weighted by atomic mass is 127. The summed E-state index contributed by atoms with van der Waals surface area (Å²) in [5.74, 6) is 0.888. The number of aliphatic imine (C=N–C) groups is 1. The summed E-state index contributed by atoms with van der Waals surface area (Å²) >= 11 is 1.81. The van der Waals surface area contributed by atoms with Crippen molar-refractivity contribution in [1.82, 2.24) is 15.6 Å². The number of halogens is 1. The second-order valence-electron chi connectivity index (χ2n) is 7.37. The van der Waals surface area contributed by atoms with Crippen molar-refractivity contribution in [1.29, 1.82) is 0 Å². The molecule has 3 N–H and O–H groups in total. The first kappa shape index (κ1) is 24.6. The Hall–Kier alpha value is -0.410. The van der Waals surface area contributed by atoms with Crippen LogP contribution < -0.4 is 10.6 Å². The number of guanidine groups is 1. The van der Waals surface area contributed by atoms with Crippen molar-refractivity contribution in [2.75, 3.05) is 26.2 Å². The average molecular weight is 509 g/mol. The van der Waals surface area contributed by atoms with Gasteiger partial charge in [-0.25, -0.2) is 4.98 Å². The molecule has 1 aromatic heterocycles. The molecule has 0 amide bonds. The number of nitrogens with one attached hydrogen (secondary N) is 2. The summed E-state index contributed by atoms with van der Waals surface area (Å²) in [7, 11) is 0. The fraction of sp³-hybridized carbons (Fsp3) is 0.800. The molecule has 2 rings (SSSR count). The van der Waals surface area contributed by atoms with Gasteiger partial charge in [-0.05, 0) is 44.9 Å². The first-order valence-electron chi connectivity index (χ1n) is 10.2. The van der Waals surface area contributed by atoms with Gasteiger partial charge in [-0.2, -0.15) is 0 Å². The monoisotopic (exact) mass is 508 g/mol. The molecule has 0 saturated heterocycles. The Balaban J connectivity index is 0.00000364. The van der Waals surface area contributed by atoms with E-state index < -0.39 is 0 Å². The normalized spacial score (nSPS) is 16.7. The number of hydrogen-bond donors (Lipinski definition) is 3. The minimum atomic E-state index is 0. The Morgan fingerprint density at radius 3 is 2.56 bits per heavy atom. The van der Waals surface area contributed by atoms with Gasteiger partial charge in [0.1, 0.15) is 0 Å². The summed E-state index contributed by atoms with van der Waals surface area (Å²) in [6, 6.07) is 0. The van der Waals surface area contributed by atoms with Crippen LogP contribution in [-0.4, -0.2) is 42.3 Å².